The number of nitro groups is 1. The van der Waals surface area contributed by atoms with Gasteiger partial charge in [-0.2, -0.15) is 5.10 Å². The Morgan fingerprint density at radius 1 is 0.852 bits per heavy atom. The van der Waals surface area contributed by atoms with Crippen LogP contribution in [0.1, 0.15) is 5.56 Å². The summed E-state index contributed by atoms with van der Waals surface area (Å²) >= 11 is 0. The number of nitrogens with one attached hydrogen (secondary N) is 1. The molecule has 7 heteroatoms. The average Bonchev–Trinajstić information content (AvgIpc) is 2.75. The number of hydrogen-bond donors (Lipinski definition) is 1. The molecule has 1 aliphatic heterocycles. The molecule has 0 saturated carbocycles. The summed E-state index contributed by atoms with van der Waals surface area (Å²) < 4.78 is 0. The van der Waals surface area contributed by atoms with Gasteiger partial charge in [-0.15, -0.1) is 0 Å². The highest BCUT2D eigenvalue weighted by Gasteiger charge is 2.21. The molecule has 0 bridgehead atoms. The standard InChI is InChI=1S/C20H17N5O2/c26-25(27)19-13-11-16(12-14-19)20-21-23(17-7-3-1-4-8-17)15-24(22-20)18-9-5-2-6-10-18/h1-14H,15H2,(H,21,22). The zero-order chi connectivity index (χ0) is 18.6. The lowest BCUT2D eigenvalue weighted by Crippen LogP contribution is -2.53. The Kier molecular flexibility index (Phi) is 4.40. The number of non-ortho nitro benzene ring substituents is 1. The summed E-state index contributed by atoms with van der Waals surface area (Å²) in [6.45, 7) is 0.518. The largest absolute Gasteiger partial charge is 0.278 e. The molecule has 0 aliphatic carbocycles. The zero-order valence-corrected chi connectivity index (χ0v) is 14.4. The van der Waals surface area contributed by atoms with E-state index in [0.29, 0.717) is 12.5 Å². The van der Waals surface area contributed by atoms with Crippen molar-refractivity contribution in [1.29, 1.82) is 0 Å². The average molecular weight is 359 g/mol. The van der Waals surface area contributed by atoms with E-state index in [4.69, 9.17) is 5.10 Å². The number of amidine groups is 1. The van der Waals surface area contributed by atoms with Crippen molar-refractivity contribution < 1.29 is 4.92 Å². The lowest BCUT2D eigenvalue weighted by atomic mass is 10.2. The summed E-state index contributed by atoms with van der Waals surface area (Å²) in [7, 11) is 0. The van der Waals surface area contributed by atoms with Crippen LogP contribution in [0.4, 0.5) is 17.1 Å². The maximum Gasteiger partial charge on any atom is 0.269 e. The van der Waals surface area contributed by atoms with Gasteiger partial charge in [-0.05, 0) is 36.4 Å². The number of hydrogen-bond acceptors (Lipinski definition) is 6. The Hall–Kier alpha value is -3.87. The molecule has 0 amide bonds. The van der Waals surface area contributed by atoms with Crippen molar-refractivity contribution in [2.45, 2.75) is 0 Å². The molecule has 1 heterocycles. The lowest BCUT2D eigenvalue weighted by Gasteiger charge is -2.36. The second kappa shape index (κ2) is 7.17. The molecule has 3 aromatic rings. The minimum absolute atomic E-state index is 0.0509. The summed E-state index contributed by atoms with van der Waals surface area (Å²) in [5.41, 5.74) is 6.07. The van der Waals surface area contributed by atoms with E-state index >= 15 is 0 Å². The first kappa shape index (κ1) is 16.6. The van der Waals surface area contributed by atoms with E-state index in [1.807, 2.05) is 70.7 Å². The molecule has 0 radical (unpaired) electrons. The van der Waals surface area contributed by atoms with Crippen LogP contribution in [-0.2, 0) is 0 Å². The van der Waals surface area contributed by atoms with E-state index in [2.05, 4.69) is 5.43 Å². The summed E-state index contributed by atoms with van der Waals surface area (Å²) in [5, 5.41) is 19.5. The second-order valence-corrected chi connectivity index (χ2v) is 6.00. The van der Waals surface area contributed by atoms with Crippen molar-refractivity contribution in [2.24, 2.45) is 5.10 Å². The van der Waals surface area contributed by atoms with Gasteiger partial charge in [0.1, 0.15) is 6.67 Å². The van der Waals surface area contributed by atoms with Crippen molar-refractivity contribution in [3.63, 3.8) is 0 Å². The van der Waals surface area contributed by atoms with Crippen LogP contribution in [0.3, 0.4) is 0 Å². The van der Waals surface area contributed by atoms with Crippen LogP contribution in [0.5, 0.6) is 0 Å². The normalized spacial score (nSPS) is 13.7. The van der Waals surface area contributed by atoms with Crippen molar-refractivity contribution in [1.82, 2.24) is 5.43 Å². The number of hydrazone groups is 1. The van der Waals surface area contributed by atoms with Gasteiger partial charge in [0, 0.05) is 17.7 Å². The topological polar surface area (TPSA) is 74.0 Å². The summed E-state index contributed by atoms with van der Waals surface area (Å²) in [4.78, 5) is 10.5. The van der Waals surface area contributed by atoms with Gasteiger partial charge < -0.3 is 0 Å². The molecule has 1 aliphatic rings. The van der Waals surface area contributed by atoms with Gasteiger partial charge in [-0.1, -0.05) is 36.4 Å². The predicted octanol–water partition coefficient (Wildman–Crippen LogP) is 3.75. The molecule has 1 N–H and O–H groups in total. The highest BCUT2D eigenvalue weighted by atomic mass is 16.6. The summed E-state index contributed by atoms with van der Waals surface area (Å²) in [5.74, 6) is 0.615. The van der Waals surface area contributed by atoms with Crippen molar-refractivity contribution in [3.05, 3.63) is 101 Å². The Balaban J connectivity index is 1.71. The number of rotatable bonds is 4. The third-order valence-electron chi connectivity index (χ3n) is 4.21. The minimum Gasteiger partial charge on any atom is -0.278 e. The Labute approximate surface area is 156 Å². The Bertz CT molecular complexity index is 959. The fraction of sp³-hybridized carbons (Fsp3) is 0.0500. The molecule has 4 rings (SSSR count). The molecule has 0 saturated heterocycles. The number of benzene rings is 3. The highest BCUT2D eigenvalue weighted by Crippen LogP contribution is 2.22. The van der Waals surface area contributed by atoms with Gasteiger partial charge in [-0.25, -0.2) is 5.01 Å². The van der Waals surface area contributed by atoms with E-state index in [1.165, 1.54) is 12.1 Å². The van der Waals surface area contributed by atoms with E-state index in [9.17, 15) is 10.1 Å². The molecule has 27 heavy (non-hydrogen) atoms. The van der Waals surface area contributed by atoms with E-state index in [-0.39, 0.29) is 5.69 Å². The van der Waals surface area contributed by atoms with Crippen LogP contribution in [0.2, 0.25) is 0 Å². The van der Waals surface area contributed by atoms with Gasteiger partial charge in [-0.3, -0.25) is 20.5 Å². The predicted molar refractivity (Wildman–Crippen MR) is 105 cm³/mol. The molecule has 3 aromatic carbocycles. The molecular weight excluding hydrogens is 342 g/mol. The maximum absolute atomic E-state index is 10.9. The SMILES string of the molecule is O=[N+]([O-])c1ccc(C2=NN(c3ccccc3)CN(c3ccccc3)N2)cc1. The number of para-hydroxylation sites is 2. The van der Waals surface area contributed by atoms with Gasteiger partial charge >= 0.3 is 0 Å². The summed E-state index contributed by atoms with van der Waals surface area (Å²) in [6.07, 6.45) is 0. The van der Waals surface area contributed by atoms with Crippen LogP contribution in [0.25, 0.3) is 0 Å². The first-order valence-electron chi connectivity index (χ1n) is 8.46. The monoisotopic (exact) mass is 359 g/mol. The molecule has 0 fully saturated rings. The minimum atomic E-state index is -0.410. The Morgan fingerprint density at radius 2 is 1.44 bits per heavy atom. The van der Waals surface area contributed by atoms with Crippen LogP contribution in [0.15, 0.2) is 90.0 Å². The first-order chi connectivity index (χ1) is 13.2. The van der Waals surface area contributed by atoms with E-state index < -0.39 is 4.92 Å². The molecule has 0 unspecified atom stereocenters. The smallest absolute Gasteiger partial charge is 0.269 e. The fourth-order valence-electron chi connectivity index (χ4n) is 2.83. The second-order valence-electron chi connectivity index (χ2n) is 6.00. The Morgan fingerprint density at radius 3 is 2.04 bits per heavy atom. The number of hydrazine groups is 1. The molecule has 0 aromatic heterocycles. The zero-order valence-electron chi connectivity index (χ0n) is 14.4. The van der Waals surface area contributed by atoms with E-state index in [1.54, 1.807) is 12.1 Å². The third-order valence-corrected chi connectivity index (χ3v) is 4.21. The van der Waals surface area contributed by atoms with E-state index in [0.717, 1.165) is 16.9 Å². The lowest BCUT2D eigenvalue weighted by molar-refractivity contribution is -0.384. The van der Waals surface area contributed by atoms with Crippen LogP contribution >= 0.6 is 0 Å². The molecule has 0 spiro atoms. The van der Waals surface area contributed by atoms with Crippen LogP contribution in [-0.4, -0.2) is 17.4 Å². The van der Waals surface area contributed by atoms with Crippen molar-refractivity contribution >= 4 is 22.9 Å². The van der Waals surface area contributed by atoms with Crippen LogP contribution < -0.4 is 15.4 Å². The van der Waals surface area contributed by atoms with Gasteiger partial charge in [0.25, 0.3) is 5.69 Å². The van der Waals surface area contributed by atoms with Gasteiger partial charge in [0.15, 0.2) is 5.84 Å². The van der Waals surface area contributed by atoms with Crippen molar-refractivity contribution in [2.75, 3.05) is 16.7 Å². The maximum atomic E-state index is 10.9. The number of anilines is 2. The number of nitro benzene ring substituents is 1. The fourth-order valence-corrected chi connectivity index (χ4v) is 2.83. The first-order valence-corrected chi connectivity index (χ1v) is 8.46. The highest BCUT2D eigenvalue weighted by molar-refractivity contribution is 6.01. The summed E-state index contributed by atoms with van der Waals surface area (Å²) in [6, 6.07) is 26.2. The van der Waals surface area contributed by atoms with Gasteiger partial charge in [0.2, 0.25) is 0 Å². The quantitative estimate of drug-likeness (QED) is 0.567. The molecule has 7 nitrogen and oxygen atoms in total. The molecular formula is C20H17N5O2. The van der Waals surface area contributed by atoms with Crippen molar-refractivity contribution in [3.8, 4) is 0 Å². The molecule has 134 valence electrons. The molecule has 0 atom stereocenters. The van der Waals surface area contributed by atoms with Gasteiger partial charge in [0.05, 0.1) is 16.3 Å². The van der Waals surface area contributed by atoms with Crippen LogP contribution in [0, 0.1) is 10.1 Å². The number of nitrogens with zero attached hydrogens (tertiary/aromatic N) is 4. The third kappa shape index (κ3) is 3.57.